The van der Waals surface area contributed by atoms with E-state index in [-0.39, 0.29) is 0 Å². The van der Waals surface area contributed by atoms with E-state index in [0.29, 0.717) is 5.41 Å². The average molecular weight is 224 g/mol. The van der Waals surface area contributed by atoms with Crippen LogP contribution in [-0.4, -0.2) is 0 Å². The fraction of sp³-hybridized carbons (Fsp3) is 0.647. The molecular formula is C17H20. The van der Waals surface area contributed by atoms with Gasteiger partial charge in [0.25, 0.3) is 0 Å². The fourth-order valence-electron chi connectivity index (χ4n) is 6.32. The lowest BCUT2D eigenvalue weighted by atomic mass is 9.38. The van der Waals surface area contributed by atoms with Crippen LogP contribution in [0.1, 0.15) is 43.2 Å². The second kappa shape index (κ2) is 2.48. The summed E-state index contributed by atoms with van der Waals surface area (Å²) in [5.41, 5.74) is 4.54. The molecule has 0 aromatic heterocycles. The van der Waals surface area contributed by atoms with Gasteiger partial charge in [-0.2, -0.15) is 0 Å². The maximum Gasteiger partial charge on any atom is -0.00357 e. The van der Waals surface area contributed by atoms with E-state index in [4.69, 9.17) is 0 Å². The quantitative estimate of drug-likeness (QED) is 0.674. The van der Waals surface area contributed by atoms with E-state index in [0.717, 1.165) is 23.2 Å². The Morgan fingerprint density at radius 2 is 1.59 bits per heavy atom. The summed E-state index contributed by atoms with van der Waals surface area (Å²) in [5, 5.41) is 0. The van der Waals surface area contributed by atoms with Crippen LogP contribution in [0.3, 0.4) is 0 Å². The summed E-state index contributed by atoms with van der Waals surface area (Å²) in [7, 11) is 0. The highest BCUT2D eigenvalue weighted by molar-refractivity contribution is 5.39. The maximum absolute atomic E-state index is 2.43. The second-order valence-electron chi connectivity index (χ2n) is 7.41. The zero-order chi connectivity index (χ0) is 11.3. The van der Waals surface area contributed by atoms with Crippen molar-refractivity contribution in [3.05, 3.63) is 35.4 Å². The molecule has 0 radical (unpaired) electrons. The van der Waals surface area contributed by atoms with Gasteiger partial charge in [-0.05, 0) is 73.2 Å². The summed E-state index contributed by atoms with van der Waals surface area (Å²) >= 11 is 0. The van der Waals surface area contributed by atoms with E-state index in [1.807, 2.05) is 0 Å². The Labute approximate surface area is 103 Å². The molecule has 0 heterocycles. The van der Waals surface area contributed by atoms with Gasteiger partial charge in [0.05, 0.1) is 0 Å². The first-order valence-corrected chi connectivity index (χ1v) is 7.30. The van der Waals surface area contributed by atoms with Gasteiger partial charge in [-0.25, -0.2) is 0 Å². The van der Waals surface area contributed by atoms with Gasteiger partial charge in [0.2, 0.25) is 0 Å². The van der Waals surface area contributed by atoms with Crippen molar-refractivity contribution < 1.29 is 0 Å². The molecular weight excluding hydrogens is 204 g/mol. The van der Waals surface area contributed by atoms with Gasteiger partial charge >= 0.3 is 0 Å². The molecule has 5 rings (SSSR count). The first kappa shape index (κ1) is 9.19. The molecule has 0 saturated heterocycles. The minimum Gasteiger partial charge on any atom is -0.0590 e. The molecule has 88 valence electrons. The van der Waals surface area contributed by atoms with Gasteiger partial charge in [-0.15, -0.1) is 0 Å². The van der Waals surface area contributed by atoms with Crippen LogP contribution in [-0.2, 0) is 5.41 Å². The largest absolute Gasteiger partial charge is 0.0590 e. The van der Waals surface area contributed by atoms with Crippen LogP contribution < -0.4 is 0 Å². The fourth-order valence-corrected chi connectivity index (χ4v) is 6.32. The highest BCUT2D eigenvalue weighted by Crippen LogP contribution is 2.84. The molecule has 4 saturated carbocycles. The van der Waals surface area contributed by atoms with Gasteiger partial charge in [0, 0.05) is 0 Å². The van der Waals surface area contributed by atoms with Crippen molar-refractivity contribution in [3.63, 3.8) is 0 Å². The van der Waals surface area contributed by atoms with Crippen molar-refractivity contribution in [3.8, 4) is 0 Å². The lowest BCUT2D eigenvalue weighted by Crippen LogP contribution is -2.59. The maximum atomic E-state index is 2.43. The zero-order valence-electron chi connectivity index (χ0n) is 10.6. The normalized spacial score (nSPS) is 52.9. The van der Waals surface area contributed by atoms with Gasteiger partial charge < -0.3 is 0 Å². The SMILES string of the molecule is Cc1ccc(C23CC4CC5CC(C2)C54C3)cc1. The Hall–Kier alpha value is -0.780. The smallest absolute Gasteiger partial charge is 0.00357 e. The monoisotopic (exact) mass is 224 g/mol. The third-order valence-corrected chi connectivity index (χ3v) is 7.00. The van der Waals surface area contributed by atoms with Crippen molar-refractivity contribution in [1.29, 1.82) is 0 Å². The Morgan fingerprint density at radius 1 is 0.941 bits per heavy atom. The number of hydrogen-bond donors (Lipinski definition) is 0. The molecule has 0 N–H and O–H groups in total. The minimum atomic E-state index is 0.605. The molecule has 1 aromatic rings. The summed E-state index contributed by atoms with van der Waals surface area (Å²) in [5.74, 6) is 3.37. The van der Waals surface area contributed by atoms with E-state index in [2.05, 4.69) is 31.2 Å². The van der Waals surface area contributed by atoms with Crippen molar-refractivity contribution in [2.24, 2.45) is 23.2 Å². The highest BCUT2D eigenvalue weighted by Gasteiger charge is 2.77. The summed E-state index contributed by atoms with van der Waals surface area (Å²) in [4.78, 5) is 0. The van der Waals surface area contributed by atoms with Crippen molar-refractivity contribution in [2.75, 3.05) is 0 Å². The van der Waals surface area contributed by atoms with Crippen LogP contribution in [0, 0.1) is 30.1 Å². The third kappa shape index (κ3) is 0.812. The van der Waals surface area contributed by atoms with Crippen molar-refractivity contribution in [1.82, 2.24) is 0 Å². The lowest BCUT2D eigenvalue weighted by Gasteiger charge is -2.66. The highest BCUT2D eigenvalue weighted by atomic mass is 14.8. The zero-order valence-corrected chi connectivity index (χ0v) is 10.6. The van der Waals surface area contributed by atoms with Gasteiger partial charge in [0.1, 0.15) is 0 Å². The molecule has 4 fully saturated rings. The molecule has 0 aliphatic heterocycles. The van der Waals surface area contributed by atoms with Crippen LogP contribution in [0.25, 0.3) is 0 Å². The standard InChI is InChI=1S/C17H20/c1-11-2-4-12(5-3-11)16-8-14-6-13-7-15(9-16)17(13,14)10-16/h2-5,13-15H,6-10H2,1H3. The van der Waals surface area contributed by atoms with Crippen LogP contribution in [0.5, 0.6) is 0 Å². The van der Waals surface area contributed by atoms with E-state index in [1.54, 1.807) is 24.8 Å². The molecule has 17 heavy (non-hydrogen) atoms. The van der Waals surface area contributed by atoms with Crippen molar-refractivity contribution >= 4 is 0 Å². The molecule has 0 amide bonds. The van der Waals surface area contributed by atoms with Crippen LogP contribution in [0.15, 0.2) is 24.3 Å². The van der Waals surface area contributed by atoms with Crippen molar-refractivity contribution in [2.45, 2.75) is 44.4 Å². The molecule has 2 atom stereocenters. The summed E-state index contributed by atoms with van der Waals surface area (Å²) < 4.78 is 0. The minimum absolute atomic E-state index is 0.605. The summed E-state index contributed by atoms with van der Waals surface area (Å²) in [6.07, 6.45) is 7.73. The molecule has 2 bridgehead atoms. The average Bonchev–Trinajstić information content (AvgIpc) is 2.76. The molecule has 1 aromatic carbocycles. The molecule has 0 heteroatoms. The number of fused-ring (bicyclic) bond motifs is 1. The predicted molar refractivity (Wildman–Crippen MR) is 68.8 cm³/mol. The van der Waals surface area contributed by atoms with Gasteiger partial charge in [-0.3, -0.25) is 0 Å². The predicted octanol–water partition coefficient (Wildman–Crippen LogP) is 4.07. The number of hydrogen-bond acceptors (Lipinski definition) is 0. The van der Waals surface area contributed by atoms with Gasteiger partial charge in [0.15, 0.2) is 0 Å². The van der Waals surface area contributed by atoms with Gasteiger partial charge in [-0.1, -0.05) is 29.8 Å². The van der Waals surface area contributed by atoms with E-state index in [9.17, 15) is 0 Å². The van der Waals surface area contributed by atoms with Crippen LogP contribution >= 0.6 is 0 Å². The number of aryl methyl sites for hydroxylation is 1. The topological polar surface area (TPSA) is 0 Å². The lowest BCUT2D eigenvalue weighted by molar-refractivity contribution is -0.175. The summed E-state index contributed by atoms with van der Waals surface area (Å²) in [6.45, 7) is 2.20. The molecule has 4 aliphatic rings. The summed E-state index contributed by atoms with van der Waals surface area (Å²) in [6, 6.07) is 9.49. The molecule has 0 nitrogen and oxygen atoms in total. The first-order chi connectivity index (χ1) is 8.23. The van der Waals surface area contributed by atoms with E-state index < -0.39 is 0 Å². The van der Waals surface area contributed by atoms with Crippen LogP contribution in [0.2, 0.25) is 0 Å². The van der Waals surface area contributed by atoms with Crippen LogP contribution in [0.4, 0.5) is 0 Å². The number of rotatable bonds is 1. The molecule has 4 aliphatic carbocycles. The number of benzene rings is 1. The first-order valence-electron chi connectivity index (χ1n) is 7.30. The molecule has 2 unspecified atom stereocenters. The Balaban J connectivity index is 1.62. The Morgan fingerprint density at radius 3 is 2.12 bits per heavy atom. The Bertz CT molecular complexity index is 479. The van der Waals surface area contributed by atoms with E-state index >= 15 is 0 Å². The third-order valence-electron chi connectivity index (χ3n) is 7.00. The second-order valence-corrected chi connectivity index (χ2v) is 7.41. The molecule has 1 spiro atoms. The Kier molecular flexibility index (Phi) is 1.34. The van der Waals surface area contributed by atoms with E-state index in [1.165, 1.54) is 18.4 Å².